The van der Waals surface area contributed by atoms with Gasteiger partial charge in [-0.2, -0.15) is 4.31 Å². The number of hydrogen-bond acceptors (Lipinski definition) is 3. The van der Waals surface area contributed by atoms with Crippen molar-refractivity contribution >= 4 is 10.0 Å². The fourth-order valence-electron chi connectivity index (χ4n) is 2.90. The van der Waals surface area contributed by atoms with Crippen LogP contribution in [0.5, 0.6) is 0 Å². The Morgan fingerprint density at radius 1 is 1.29 bits per heavy atom. The zero-order valence-electron chi connectivity index (χ0n) is 13.2. The molecule has 0 aliphatic carbocycles. The van der Waals surface area contributed by atoms with Gasteiger partial charge in [-0.05, 0) is 56.0 Å². The first-order valence-electron chi connectivity index (χ1n) is 7.73. The van der Waals surface area contributed by atoms with Crippen LogP contribution in [0, 0.1) is 12.8 Å². The topological polar surface area (TPSA) is 49.4 Å². The highest BCUT2D eigenvalue weighted by atomic mass is 32.2. The molecule has 2 rings (SSSR count). The van der Waals surface area contributed by atoms with Gasteiger partial charge in [-0.3, -0.25) is 0 Å². The van der Waals surface area contributed by atoms with Crippen LogP contribution in [-0.2, 0) is 16.6 Å². The van der Waals surface area contributed by atoms with Gasteiger partial charge in [-0.25, -0.2) is 8.42 Å². The highest BCUT2D eigenvalue weighted by Crippen LogP contribution is 2.26. The summed E-state index contributed by atoms with van der Waals surface area (Å²) in [6.07, 6.45) is 3.10. The molecule has 1 N–H and O–H groups in total. The summed E-state index contributed by atoms with van der Waals surface area (Å²) in [5.74, 6) is 0.675. The van der Waals surface area contributed by atoms with Gasteiger partial charge in [0.2, 0.25) is 10.0 Å². The maximum atomic E-state index is 12.8. The molecule has 118 valence electrons. The molecule has 0 radical (unpaired) electrons. The van der Waals surface area contributed by atoms with Crippen LogP contribution in [-0.4, -0.2) is 32.9 Å². The molecule has 21 heavy (non-hydrogen) atoms. The number of benzene rings is 1. The van der Waals surface area contributed by atoms with E-state index in [4.69, 9.17) is 0 Å². The lowest BCUT2D eigenvalue weighted by molar-refractivity contribution is 0.269. The van der Waals surface area contributed by atoms with E-state index < -0.39 is 10.0 Å². The molecule has 1 fully saturated rings. The summed E-state index contributed by atoms with van der Waals surface area (Å²) in [4.78, 5) is 0.424. The number of sulfonamides is 1. The molecule has 1 aromatic rings. The zero-order chi connectivity index (χ0) is 15.5. The summed E-state index contributed by atoms with van der Waals surface area (Å²) in [6, 6.07) is 5.45. The van der Waals surface area contributed by atoms with Gasteiger partial charge in [0, 0.05) is 19.6 Å². The third-order valence-electron chi connectivity index (χ3n) is 4.48. The molecule has 0 bridgehead atoms. The molecule has 1 aliphatic heterocycles. The summed E-state index contributed by atoms with van der Waals surface area (Å²) < 4.78 is 27.2. The van der Waals surface area contributed by atoms with Crippen LogP contribution >= 0.6 is 0 Å². The lowest BCUT2D eigenvalue weighted by atomic mass is 9.96. The smallest absolute Gasteiger partial charge is 0.243 e. The summed E-state index contributed by atoms with van der Waals surface area (Å²) in [6.45, 7) is 6.17. The Kier molecular flexibility index (Phi) is 5.41. The Hall–Kier alpha value is -0.910. The molecule has 1 aromatic carbocycles. The van der Waals surface area contributed by atoms with Crippen molar-refractivity contribution in [3.8, 4) is 0 Å². The van der Waals surface area contributed by atoms with Crippen LogP contribution in [0.3, 0.4) is 0 Å². The lowest BCUT2D eigenvalue weighted by Crippen LogP contribution is -2.38. The van der Waals surface area contributed by atoms with E-state index in [1.54, 1.807) is 10.4 Å². The number of piperidine rings is 1. The molecule has 1 saturated heterocycles. The third kappa shape index (κ3) is 3.65. The molecule has 0 unspecified atom stereocenters. The van der Waals surface area contributed by atoms with Gasteiger partial charge in [0.05, 0.1) is 4.90 Å². The maximum absolute atomic E-state index is 12.8. The van der Waals surface area contributed by atoms with E-state index in [-0.39, 0.29) is 0 Å². The van der Waals surface area contributed by atoms with Gasteiger partial charge < -0.3 is 5.32 Å². The van der Waals surface area contributed by atoms with Crippen molar-refractivity contribution < 1.29 is 8.42 Å². The van der Waals surface area contributed by atoms with Crippen molar-refractivity contribution in [3.05, 3.63) is 29.3 Å². The minimum Gasteiger partial charge on any atom is -0.316 e. The Morgan fingerprint density at radius 3 is 2.52 bits per heavy atom. The van der Waals surface area contributed by atoms with E-state index >= 15 is 0 Å². The van der Waals surface area contributed by atoms with Crippen molar-refractivity contribution in [2.45, 2.75) is 44.6 Å². The molecule has 0 spiro atoms. The van der Waals surface area contributed by atoms with Gasteiger partial charge in [0.1, 0.15) is 0 Å². The van der Waals surface area contributed by atoms with Gasteiger partial charge in [-0.15, -0.1) is 0 Å². The predicted molar refractivity (Wildman–Crippen MR) is 85.7 cm³/mol. The lowest BCUT2D eigenvalue weighted by Gasteiger charge is -2.30. The Bertz CT molecular complexity index is 576. The first-order valence-corrected chi connectivity index (χ1v) is 9.17. The third-order valence-corrected chi connectivity index (χ3v) is 6.37. The highest BCUT2D eigenvalue weighted by molar-refractivity contribution is 7.89. The maximum Gasteiger partial charge on any atom is 0.243 e. The van der Waals surface area contributed by atoms with E-state index in [1.165, 1.54) is 0 Å². The molecule has 1 heterocycles. The van der Waals surface area contributed by atoms with Gasteiger partial charge in [0.25, 0.3) is 0 Å². The fourth-order valence-corrected chi connectivity index (χ4v) is 4.42. The van der Waals surface area contributed by atoms with Gasteiger partial charge >= 0.3 is 0 Å². The quantitative estimate of drug-likeness (QED) is 0.909. The Balaban J connectivity index is 2.22. The number of nitrogens with zero attached hydrogens (tertiary/aromatic N) is 1. The number of hydrogen-bond donors (Lipinski definition) is 1. The number of nitrogens with one attached hydrogen (secondary N) is 1. The van der Waals surface area contributed by atoms with Crippen molar-refractivity contribution in [1.29, 1.82) is 0 Å². The Morgan fingerprint density at radius 2 is 1.95 bits per heavy atom. The first kappa shape index (κ1) is 16.5. The van der Waals surface area contributed by atoms with Crippen LogP contribution in [0.4, 0.5) is 0 Å². The molecule has 0 saturated carbocycles. The minimum atomic E-state index is -3.35. The normalized spacial score (nSPS) is 18.0. The molecule has 0 aromatic heterocycles. The summed E-state index contributed by atoms with van der Waals surface area (Å²) in [5, 5.41) is 3.09. The molecular formula is C16H26N2O2S. The Labute approximate surface area is 128 Å². The van der Waals surface area contributed by atoms with E-state index in [0.717, 1.165) is 30.4 Å². The second-order valence-electron chi connectivity index (χ2n) is 5.87. The molecule has 5 heteroatoms. The summed E-state index contributed by atoms with van der Waals surface area (Å²) >= 11 is 0. The fraction of sp³-hybridized carbons (Fsp3) is 0.625. The highest BCUT2D eigenvalue weighted by Gasteiger charge is 2.29. The molecular weight excluding hydrogens is 284 g/mol. The van der Waals surface area contributed by atoms with Crippen molar-refractivity contribution in [2.24, 2.45) is 5.92 Å². The SMILES string of the molecule is CCC1CCN(S(=O)(=O)c2ccc(C)c(CNC)c2)CC1. The monoisotopic (exact) mass is 310 g/mol. The van der Waals surface area contributed by atoms with Crippen LogP contribution in [0.2, 0.25) is 0 Å². The largest absolute Gasteiger partial charge is 0.316 e. The van der Waals surface area contributed by atoms with Gasteiger partial charge in [0.15, 0.2) is 0 Å². The predicted octanol–water partition coefficient (Wildman–Crippen LogP) is 2.53. The van der Waals surface area contributed by atoms with Crippen LogP contribution in [0.1, 0.15) is 37.3 Å². The van der Waals surface area contributed by atoms with Crippen LogP contribution in [0.25, 0.3) is 0 Å². The van der Waals surface area contributed by atoms with Crippen molar-refractivity contribution in [1.82, 2.24) is 9.62 Å². The minimum absolute atomic E-state index is 0.424. The number of aryl methyl sites for hydroxylation is 1. The average Bonchev–Trinajstić information content (AvgIpc) is 2.49. The summed E-state index contributed by atoms with van der Waals surface area (Å²) in [5.41, 5.74) is 2.16. The first-order chi connectivity index (χ1) is 9.98. The second-order valence-corrected chi connectivity index (χ2v) is 7.81. The second kappa shape index (κ2) is 6.90. The number of rotatable bonds is 5. The van der Waals surface area contributed by atoms with E-state index in [1.807, 2.05) is 26.1 Å². The van der Waals surface area contributed by atoms with Crippen molar-refractivity contribution in [2.75, 3.05) is 20.1 Å². The zero-order valence-corrected chi connectivity index (χ0v) is 14.0. The standard InChI is InChI=1S/C16H26N2O2S/c1-4-14-7-9-18(10-8-14)21(19,20)16-6-5-13(2)15(11-16)12-17-3/h5-6,11,14,17H,4,7-10,12H2,1-3H3. The van der Waals surface area contributed by atoms with Crippen molar-refractivity contribution in [3.63, 3.8) is 0 Å². The van der Waals surface area contributed by atoms with E-state index in [9.17, 15) is 8.42 Å². The molecule has 1 aliphatic rings. The average molecular weight is 310 g/mol. The van der Waals surface area contributed by atoms with Crippen LogP contribution in [0.15, 0.2) is 23.1 Å². The van der Waals surface area contributed by atoms with E-state index in [2.05, 4.69) is 12.2 Å². The van der Waals surface area contributed by atoms with Gasteiger partial charge in [-0.1, -0.05) is 19.4 Å². The van der Waals surface area contributed by atoms with E-state index in [0.29, 0.717) is 30.4 Å². The molecule has 4 nitrogen and oxygen atoms in total. The van der Waals surface area contributed by atoms with Crippen LogP contribution < -0.4 is 5.32 Å². The summed E-state index contributed by atoms with van der Waals surface area (Å²) in [7, 11) is -1.47. The molecule has 0 amide bonds. The molecule has 0 atom stereocenters.